The molecular weight excluding hydrogens is 384 g/mol. The number of imide groups is 1. The second-order valence-corrected chi connectivity index (χ2v) is 7.61. The van der Waals surface area contributed by atoms with Gasteiger partial charge in [0.25, 0.3) is 5.91 Å². The van der Waals surface area contributed by atoms with Crippen molar-refractivity contribution in [2.45, 2.75) is 19.4 Å². The first-order valence-corrected chi connectivity index (χ1v) is 10.1. The molecule has 2 aromatic rings. The lowest BCUT2D eigenvalue weighted by atomic mass is 10.2. The SMILES string of the molecule is CC(=O)Nc1ccc(N2C(=O)CC([NH2+]c3ccc([NH+]4CCOCC4)cc3)C2=O)cc1. The highest BCUT2D eigenvalue weighted by Crippen LogP contribution is 2.24. The number of nitrogens with zero attached hydrogens (tertiary/aromatic N) is 1. The number of anilines is 2. The smallest absolute Gasteiger partial charge is 0.292 e. The summed E-state index contributed by atoms with van der Waals surface area (Å²) >= 11 is 0. The maximum absolute atomic E-state index is 12.9. The fourth-order valence-corrected chi connectivity index (χ4v) is 3.92. The first kappa shape index (κ1) is 20.2. The maximum Gasteiger partial charge on any atom is 0.292 e. The highest BCUT2D eigenvalue weighted by atomic mass is 16.5. The molecule has 0 radical (unpaired) electrons. The van der Waals surface area contributed by atoms with E-state index >= 15 is 0 Å². The summed E-state index contributed by atoms with van der Waals surface area (Å²) in [5.41, 5.74) is 3.28. The topological polar surface area (TPSA) is 96.8 Å². The molecule has 0 saturated carbocycles. The van der Waals surface area contributed by atoms with Gasteiger partial charge in [0, 0.05) is 36.9 Å². The zero-order valence-corrected chi connectivity index (χ0v) is 16.9. The normalized spacial score (nSPS) is 19.9. The van der Waals surface area contributed by atoms with E-state index in [1.165, 1.54) is 22.4 Å². The Bertz CT molecular complexity index is 937. The number of benzene rings is 2. The Morgan fingerprint density at radius 2 is 1.73 bits per heavy atom. The van der Waals surface area contributed by atoms with Crippen molar-refractivity contribution < 1.29 is 29.3 Å². The number of ether oxygens (including phenoxy) is 1. The van der Waals surface area contributed by atoms with E-state index in [0.29, 0.717) is 11.4 Å². The molecule has 1 unspecified atom stereocenters. The average molecular weight is 410 g/mol. The van der Waals surface area contributed by atoms with Crippen LogP contribution in [0.2, 0.25) is 0 Å². The summed E-state index contributed by atoms with van der Waals surface area (Å²) in [5.74, 6) is -0.620. The number of nitrogens with two attached hydrogens (primary N) is 1. The fraction of sp³-hybridized carbons (Fsp3) is 0.318. The van der Waals surface area contributed by atoms with Gasteiger partial charge in [-0.1, -0.05) is 0 Å². The van der Waals surface area contributed by atoms with Crippen molar-refractivity contribution in [3.63, 3.8) is 0 Å². The number of hydrogen-bond acceptors (Lipinski definition) is 4. The molecular formula is C22H26N4O4+2. The van der Waals surface area contributed by atoms with Crippen LogP contribution in [0.3, 0.4) is 0 Å². The fourth-order valence-electron chi connectivity index (χ4n) is 3.92. The van der Waals surface area contributed by atoms with Crippen LogP contribution < -0.4 is 20.4 Å². The molecule has 156 valence electrons. The number of carbonyl (C=O) groups is 3. The quantitative estimate of drug-likeness (QED) is 0.467. The Hall–Kier alpha value is -3.07. The predicted molar refractivity (Wildman–Crippen MR) is 111 cm³/mol. The van der Waals surface area contributed by atoms with Gasteiger partial charge in [-0.3, -0.25) is 19.3 Å². The molecule has 0 bridgehead atoms. The molecule has 8 heteroatoms. The summed E-state index contributed by atoms with van der Waals surface area (Å²) in [4.78, 5) is 39.2. The van der Waals surface area contributed by atoms with Crippen LogP contribution in [0.4, 0.5) is 22.7 Å². The van der Waals surface area contributed by atoms with E-state index in [-0.39, 0.29) is 24.1 Å². The van der Waals surface area contributed by atoms with Crippen LogP contribution in [0.15, 0.2) is 48.5 Å². The van der Waals surface area contributed by atoms with Crippen LogP contribution in [0.5, 0.6) is 0 Å². The van der Waals surface area contributed by atoms with Gasteiger partial charge in [-0.15, -0.1) is 0 Å². The van der Waals surface area contributed by atoms with Gasteiger partial charge in [0.1, 0.15) is 24.5 Å². The minimum Gasteiger partial charge on any atom is -0.370 e. The van der Waals surface area contributed by atoms with E-state index in [1.54, 1.807) is 24.3 Å². The second kappa shape index (κ2) is 8.74. The highest BCUT2D eigenvalue weighted by molar-refractivity contribution is 6.21. The van der Waals surface area contributed by atoms with E-state index in [4.69, 9.17) is 4.74 Å². The number of morpholine rings is 1. The van der Waals surface area contributed by atoms with Crippen LogP contribution in [0, 0.1) is 0 Å². The van der Waals surface area contributed by atoms with Gasteiger partial charge < -0.3 is 15.4 Å². The van der Waals surface area contributed by atoms with Gasteiger partial charge >= 0.3 is 0 Å². The third kappa shape index (κ3) is 4.40. The first-order chi connectivity index (χ1) is 14.5. The molecule has 3 amide bonds. The van der Waals surface area contributed by atoms with Gasteiger partial charge in [0.2, 0.25) is 11.8 Å². The molecule has 2 aromatic carbocycles. The maximum atomic E-state index is 12.9. The van der Waals surface area contributed by atoms with Gasteiger partial charge in [-0.2, -0.15) is 0 Å². The molecule has 0 aromatic heterocycles. The van der Waals surface area contributed by atoms with E-state index in [0.717, 1.165) is 32.0 Å². The molecule has 0 aliphatic carbocycles. The zero-order chi connectivity index (χ0) is 21.1. The lowest BCUT2D eigenvalue weighted by Gasteiger charge is -2.23. The van der Waals surface area contributed by atoms with Crippen LogP contribution in [-0.4, -0.2) is 50.1 Å². The average Bonchev–Trinajstić information content (AvgIpc) is 3.02. The van der Waals surface area contributed by atoms with Crippen molar-refractivity contribution in [2.75, 3.05) is 36.5 Å². The summed E-state index contributed by atoms with van der Waals surface area (Å²) < 4.78 is 5.41. The van der Waals surface area contributed by atoms with Crippen LogP contribution in [0.25, 0.3) is 0 Å². The van der Waals surface area contributed by atoms with Crippen LogP contribution >= 0.6 is 0 Å². The monoisotopic (exact) mass is 410 g/mol. The number of nitrogens with one attached hydrogen (secondary N) is 2. The number of amides is 3. The minimum absolute atomic E-state index is 0.156. The van der Waals surface area contributed by atoms with Gasteiger partial charge in [0.15, 0.2) is 6.04 Å². The molecule has 30 heavy (non-hydrogen) atoms. The van der Waals surface area contributed by atoms with Crippen LogP contribution in [0.1, 0.15) is 13.3 Å². The summed E-state index contributed by atoms with van der Waals surface area (Å²) in [7, 11) is 0. The number of carbonyl (C=O) groups excluding carboxylic acids is 3. The van der Waals surface area contributed by atoms with Gasteiger partial charge in [0.05, 0.1) is 25.3 Å². The predicted octanol–water partition coefficient (Wildman–Crippen LogP) is -0.281. The van der Waals surface area contributed by atoms with Crippen molar-refractivity contribution in [2.24, 2.45) is 0 Å². The van der Waals surface area contributed by atoms with Gasteiger partial charge in [-0.05, 0) is 24.3 Å². The molecule has 2 fully saturated rings. The third-order valence-electron chi connectivity index (χ3n) is 5.44. The molecule has 2 aliphatic heterocycles. The Morgan fingerprint density at radius 1 is 1.07 bits per heavy atom. The van der Waals surface area contributed by atoms with E-state index in [2.05, 4.69) is 17.4 Å². The number of quaternary nitrogens is 2. The van der Waals surface area contributed by atoms with E-state index < -0.39 is 6.04 Å². The summed E-state index contributed by atoms with van der Waals surface area (Å²) in [6.45, 7) is 4.87. The molecule has 0 spiro atoms. The van der Waals surface area contributed by atoms with Crippen molar-refractivity contribution in [1.29, 1.82) is 0 Å². The van der Waals surface area contributed by atoms with E-state index in [9.17, 15) is 14.4 Å². The Balaban J connectivity index is 1.42. The standard InChI is InChI=1S/C22H24N4O4/c1-15(27)23-16-4-8-19(9-5-16)26-21(28)14-20(22(26)29)24-17-2-6-18(7-3-17)25-10-12-30-13-11-25/h2-9,20,24H,10-14H2,1H3,(H,23,27)/p+2. The number of hydrogen-bond donors (Lipinski definition) is 3. The molecule has 8 nitrogen and oxygen atoms in total. The summed E-state index contributed by atoms with van der Waals surface area (Å²) in [5, 5.41) is 4.54. The Morgan fingerprint density at radius 3 is 2.37 bits per heavy atom. The van der Waals surface area contributed by atoms with Crippen LogP contribution in [-0.2, 0) is 19.1 Å². The molecule has 4 rings (SSSR count). The lowest BCUT2D eigenvalue weighted by molar-refractivity contribution is -0.842. The third-order valence-corrected chi connectivity index (χ3v) is 5.44. The molecule has 4 N–H and O–H groups in total. The first-order valence-electron chi connectivity index (χ1n) is 10.1. The molecule has 1 atom stereocenters. The van der Waals surface area contributed by atoms with Crippen molar-refractivity contribution in [3.8, 4) is 0 Å². The molecule has 2 heterocycles. The Labute approximate surface area is 174 Å². The minimum atomic E-state index is -0.478. The van der Waals surface area contributed by atoms with E-state index in [1.807, 2.05) is 17.4 Å². The molecule has 2 aliphatic rings. The zero-order valence-electron chi connectivity index (χ0n) is 16.9. The lowest BCUT2D eigenvalue weighted by Crippen LogP contribution is -3.09. The Kier molecular flexibility index (Phi) is 5.89. The molecule has 2 saturated heterocycles. The summed E-state index contributed by atoms with van der Waals surface area (Å²) in [6.07, 6.45) is 0.156. The summed E-state index contributed by atoms with van der Waals surface area (Å²) in [6, 6.07) is 14.4. The van der Waals surface area contributed by atoms with Crippen molar-refractivity contribution in [1.82, 2.24) is 0 Å². The van der Waals surface area contributed by atoms with Crippen molar-refractivity contribution >= 4 is 40.5 Å². The second-order valence-electron chi connectivity index (χ2n) is 7.61. The largest absolute Gasteiger partial charge is 0.370 e. The van der Waals surface area contributed by atoms with Gasteiger partial charge in [-0.25, -0.2) is 4.90 Å². The highest BCUT2D eigenvalue weighted by Gasteiger charge is 2.42. The number of rotatable bonds is 5. The van der Waals surface area contributed by atoms with Crippen molar-refractivity contribution in [3.05, 3.63) is 48.5 Å².